The lowest BCUT2D eigenvalue weighted by Gasteiger charge is -2.24. The van der Waals surface area contributed by atoms with E-state index in [4.69, 9.17) is 4.74 Å². The lowest BCUT2D eigenvalue weighted by atomic mass is 10.1. The van der Waals surface area contributed by atoms with E-state index in [9.17, 15) is 13.2 Å². The standard InChI is InChI=1S/C26H30N2O4S2/c1-19-10-15-24(32-3)25(16-19)34(30,31)28(17-21-8-6-5-7-9-21)18-26(29)27-20(2)22-11-13-23(33-4)14-12-22/h5-16,20H,17-18H2,1-4H3,(H,27,29)/t20-/m0/s1. The van der Waals surface area contributed by atoms with Gasteiger partial charge in [0.25, 0.3) is 0 Å². The third-order valence-corrected chi connectivity index (χ3v) is 8.01. The number of thioether (sulfide) groups is 1. The Morgan fingerprint density at radius 2 is 1.74 bits per heavy atom. The number of sulfonamides is 1. The molecule has 34 heavy (non-hydrogen) atoms. The van der Waals surface area contributed by atoms with Crippen molar-refractivity contribution in [3.8, 4) is 5.75 Å². The van der Waals surface area contributed by atoms with Crippen molar-refractivity contribution in [3.63, 3.8) is 0 Å². The maximum Gasteiger partial charge on any atom is 0.247 e. The maximum absolute atomic E-state index is 13.7. The molecular weight excluding hydrogens is 468 g/mol. The van der Waals surface area contributed by atoms with Crippen LogP contribution in [0, 0.1) is 6.92 Å². The molecule has 0 aliphatic heterocycles. The van der Waals surface area contributed by atoms with Crippen molar-refractivity contribution in [2.24, 2.45) is 0 Å². The molecule has 3 rings (SSSR count). The molecule has 8 heteroatoms. The van der Waals surface area contributed by atoms with Gasteiger partial charge in [-0.1, -0.05) is 48.5 Å². The Morgan fingerprint density at radius 1 is 1.06 bits per heavy atom. The summed E-state index contributed by atoms with van der Waals surface area (Å²) >= 11 is 1.65. The molecule has 0 aliphatic carbocycles. The second-order valence-electron chi connectivity index (χ2n) is 7.98. The van der Waals surface area contributed by atoms with Crippen LogP contribution < -0.4 is 10.1 Å². The number of aryl methyl sites for hydroxylation is 1. The Hall–Kier alpha value is -2.81. The minimum atomic E-state index is -4.02. The normalized spacial score (nSPS) is 12.4. The van der Waals surface area contributed by atoms with E-state index in [-0.39, 0.29) is 35.7 Å². The lowest BCUT2D eigenvalue weighted by molar-refractivity contribution is -0.122. The van der Waals surface area contributed by atoms with Crippen molar-refractivity contribution in [2.45, 2.75) is 36.2 Å². The zero-order chi connectivity index (χ0) is 24.7. The van der Waals surface area contributed by atoms with Gasteiger partial charge in [0, 0.05) is 11.4 Å². The summed E-state index contributed by atoms with van der Waals surface area (Å²) in [5.41, 5.74) is 2.51. The van der Waals surface area contributed by atoms with E-state index in [1.54, 1.807) is 30.0 Å². The van der Waals surface area contributed by atoms with Crippen LogP contribution in [0.15, 0.2) is 82.6 Å². The minimum Gasteiger partial charge on any atom is -0.495 e. The van der Waals surface area contributed by atoms with E-state index in [0.717, 1.165) is 21.6 Å². The lowest BCUT2D eigenvalue weighted by Crippen LogP contribution is -2.41. The number of nitrogens with zero attached hydrogens (tertiary/aromatic N) is 1. The highest BCUT2D eigenvalue weighted by molar-refractivity contribution is 7.98. The van der Waals surface area contributed by atoms with Crippen molar-refractivity contribution < 1.29 is 17.9 Å². The van der Waals surface area contributed by atoms with Gasteiger partial charge in [0.2, 0.25) is 15.9 Å². The first-order valence-electron chi connectivity index (χ1n) is 10.9. The summed E-state index contributed by atoms with van der Waals surface area (Å²) < 4.78 is 33.9. The number of rotatable bonds is 10. The topological polar surface area (TPSA) is 75.7 Å². The van der Waals surface area contributed by atoms with Gasteiger partial charge < -0.3 is 10.1 Å². The molecule has 6 nitrogen and oxygen atoms in total. The van der Waals surface area contributed by atoms with Gasteiger partial charge in [-0.15, -0.1) is 11.8 Å². The molecule has 0 unspecified atom stereocenters. The van der Waals surface area contributed by atoms with E-state index in [1.165, 1.54) is 11.4 Å². The van der Waals surface area contributed by atoms with Crippen LogP contribution in [-0.2, 0) is 21.4 Å². The first kappa shape index (κ1) is 25.8. The second kappa shape index (κ2) is 11.6. The number of carbonyl (C=O) groups is 1. The summed E-state index contributed by atoms with van der Waals surface area (Å²) in [5.74, 6) is -0.140. The summed E-state index contributed by atoms with van der Waals surface area (Å²) in [6.07, 6.45) is 2.01. The second-order valence-corrected chi connectivity index (χ2v) is 10.8. The molecule has 180 valence electrons. The highest BCUT2D eigenvalue weighted by Crippen LogP contribution is 2.29. The van der Waals surface area contributed by atoms with Crippen molar-refractivity contribution in [3.05, 3.63) is 89.5 Å². The Labute approximate surface area is 206 Å². The number of hydrogen-bond donors (Lipinski definition) is 1. The summed E-state index contributed by atoms with van der Waals surface area (Å²) in [6.45, 7) is 3.44. The quantitative estimate of drug-likeness (QED) is 0.407. The first-order chi connectivity index (χ1) is 16.2. The number of carbonyl (C=O) groups excluding carboxylic acids is 1. The Balaban J connectivity index is 1.87. The molecule has 3 aromatic carbocycles. The fourth-order valence-electron chi connectivity index (χ4n) is 3.56. The van der Waals surface area contributed by atoms with Crippen molar-refractivity contribution in [2.75, 3.05) is 19.9 Å². The monoisotopic (exact) mass is 498 g/mol. The maximum atomic E-state index is 13.7. The fraction of sp³-hybridized carbons (Fsp3) is 0.269. The summed E-state index contributed by atoms with van der Waals surface area (Å²) in [4.78, 5) is 14.2. The van der Waals surface area contributed by atoms with Crippen molar-refractivity contribution >= 4 is 27.7 Å². The van der Waals surface area contributed by atoms with Crippen LogP contribution in [0.3, 0.4) is 0 Å². The molecule has 0 fully saturated rings. The zero-order valence-electron chi connectivity index (χ0n) is 19.8. The van der Waals surface area contributed by atoms with Gasteiger partial charge in [-0.2, -0.15) is 4.31 Å². The number of methoxy groups -OCH3 is 1. The summed E-state index contributed by atoms with van der Waals surface area (Å²) in [7, 11) is -2.59. The van der Waals surface area contributed by atoms with Crippen LogP contribution in [0.2, 0.25) is 0 Å². The number of amides is 1. The molecule has 0 bridgehead atoms. The molecule has 1 N–H and O–H groups in total. The van der Waals surface area contributed by atoms with Gasteiger partial charge in [-0.3, -0.25) is 4.79 Å². The summed E-state index contributed by atoms with van der Waals surface area (Å²) in [6, 6.07) is 21.9. The molecule has 3 aromatic rings. The molecule has 1 amide bonds. The fourth-order valence-corrected chi connectivity index (χ4v) is 5.59. The van der Waals surface area contributed by atoms with Crippen LogP contribution in [0.5, 0.6) is 5.75 Å². The molecule has 0 saturated heterocycles. The number of benzene rings is 3. The van der Waals surface area contributed by atoms with Crippen LogP contribution in [-0.4, -0.2) is 38.5 Å². The van der Waals surface area contributed by atoms with Gasteiger partial charge in [-0.25, -0.2) is 8.42 Å². The molecule has 0 radical (unpaired) electrons. The molecule has 0 heterocycles. The van der Waals surface area contributed by atoms with Gasteiger partial charge in [0.05, 0.1) is 19.7 Å². The minimum absolute atomic E-state index is 0.0411. The predicted octanol–water partition coefficient (Wildman–Crippen LogP) is 4.79. The third-order valence-electron chi connectivity index (χ3n) is 5.45. The van der Waals surface area contributed by atoms with E-state index in [1.807, 2.05) is 74.7 Å². The van der Waals surface area contributed by atoms with Crippen LogP contribution in [0.1, 0.15) is 29.7 Å². The Morgan fingerprint density at radius 3 is 2.35 bits per heavy atom. The third kappa shape index (κ3) is 6.40. The number of nitrogens with one attached hydrogen (secondary N) is 1. The van der Waals surface area contributed by atoms with Crippen LogP contribution in [0.4, 0.5) is 0 Å². The van der Waals surface area contributed by atoms with Gasteiger partial charge in [-0.05, 0) is 61.1 Å². The zero-order valence-corrected chi connectivity index (χ0v) is 21.4. The van der Waals surface area contributed by atoms with Gasteiger partial charge >= 0.3 is 0 Å². The summed E-state index contributed by atoms with van der Waals surface area (Å²) in [5, 5.41) is 2.93. The highest BCUT2D eigenvalue weighted by atomic mass is 32.2. The largest absolute Gasteiger partial charge is 0.495 e. The van der Waals surface area contributed by atoms with E-state index >= 15 is 0 Å². The van der Waals surface area contributed by atoms with Crippen LogP contribution >= 0.6 is 11.8 Å². The van der Waals surface area contributed by atoms with Crippen LogP contribution in [0.25, 0.3) is 0 Å². The molecule has 0 saturated carbocycles. The van der Waals surface area contributed by atoms with Crippen molar-refractivity contribution in [1.82, 2.24) is 9.62 Å². The highest BCUT2D eigenvalue weighted by Gasteiger charge is 2.30. The van der Waals surface area contributed by atoms with Gasteiger partial charge in [0.15, 0.2) is 0 Å². The van der Waals surface area contributed by atoms with E-state index in [2.05, 4.69) is 5.32 Å². The predicted molar refractivity (Wildman–Crippen MR) is 137 cm³/mol. The SMILES string of the molecule is COc1ccc(C)cc1S(=O)(=O)N(CC(=O)N[C@@H](C)c1ccc(SC)cc1)Cc1ccccc1. The smallest absolute Gasteiger partial charge is 0.247 e. The van der Waals surface area contributed by atoms with Crippen molar-refractivity contribution in [1.29, 1.82) is 0 Å². The van der Waals surface area contributed by atoms with E-state index in [0.29, 0.717) is 0 Å². The molecule has 0 aliphatic rings. The Bertz CT molecular complexity index is 1210. The average Bonchev–Trinajstić information content (AvgIpc) is 2.84. The van der Waals surface area contributed by atoms with E-state index < -0.39 is 10.0 Å². The Kier molecular flexibility index (Phi) is 8.77. The molecule has 0 spiro atoms. The number of ether oxygens (including phenoxy) is 1. The first-order valence-corrected chi connectivity index (χ1v) is 13.5. The van der Waals surface area contributed by atoms with Gasteiger partial charge in [0.1, 0.15) is 10.6 Å². The number of hydrogen-bond acceptors (Lipinski definition) is 5. The average molecular weight is 499 g/mol. The molecular formula is C26H30N2O4S2. The molecule has 0 aromatic heterocycles. The molecule has 1 atom stereocenters.